The molecule has 1 heterocycles. The zero-order valence-corrected chi connectivity index (χ0v) is 8.85. The number of nitrogens with zero attached hydrogens (tertiary/aromatic N) is 1. The van der Waals surface area contributed by atoms with Gasteiger partial charge in [0.15, 0.2) is 5.58 Å². The Morgan fingerprint density at radius 1 is 1.38 bits per heavy atom. The quantitative estimate of drug-likeness (QED) is 0.763. The van der Waals surface area contributed by atoms with E-state index < -0.39 is 6.36 Å². The summed E-state index contributed by atoms with van der Waals surface area (Å²) in [6, 6.07) is 3.76. The monoisotopic (exact) mass is 249 g/mol. The molecule has 0 fully saturated rings. The van der Waals surface area contributed by atoms with Crippen LogP contribution in [-0.4, -0.2) is 17.6 Å². The molecular formula is C9H6F3NO2S. The first-order valence-electron chi connectivity index (χ1n) is 4.18. The van der Waals surface area contributed by atoms with Crippen LogP contribution in [0.5, 0.6) is 5.75 Å². The van der Waals surface area contributed by atoms with Gasteiger partial charge < -0.3 is 9.15 Å². The Kier molecular flexibility index (Phi) is 2.71. The van der Waals surface area contributed by atoms with Crippen molar-refractivity contribution in [1.29, 1.82) is 0 Å². The minimum atomic E-state index is -4.69. The van der Waals surface area contributed by atoms with Crippen LogP contribution in [0.4, 0.5) is 13.2 Å². The number of thioether (sulfide) groups is 1. The Labute approximate surface area is 92.6 Å². The molecule has 16 heavy (non-hydrogen) atoms. The molecule has 0 aliphatic rings. The van der Waals surface area contributed by atoms with Crippen LogP contribution in [-0.2, 0) is 0 Å². The van der Waals surface area contributed by atoms with Crippen molar-refractivity contribution in [1.82, 2.24) is 4.98 Å². The second-order valence-electron chi connectivity index (χ2n) is 2.86. The molecule has 0 aliphatic heterocycles. The smallest absolute Gasteiger partial charge is 0.431 e. The molecule has 2 aromatic rings. The molecule has 0 N–H and O–H groups in total. The highest BCUT2D eigenvalue weighted by molar-refractivity contribution is 7.98. The van der Waals surface area contributed by atoms with E-state index >= 15 is 0 Å². The molecule has 0 aliphatic carbocycles. The Bertz CT molecular complexity index is 509. The number of rotatable bonds is 2. The van der Waals surface area contributed by atoms with E-state index in [0.717, 1.165) is 0 Å². The lowest BCUT2D eigenvalue weighted by Gasteiger charge is -2.07. The minimum absolute atomic E-state index is 0.305. The molecule has 7 heteroatoms. The summed E-state index contributed by atoms with van der Waals surface area (Å²) in [5.41, 5.74) is 0.768. The first-order chi connectivity index (χ1) is 7.48. The van der Waals surface area contributed by atoms with Crippen molar-refractivity contribution >= 4 is 22.9 Å². The van der Waals surface area contributed by atoms with E-state index in [9.17, 15) is 13.2 Å². The van der Waals surface area contributed by atoms with Crippen molar-refractivity contribution in [2.75, 3.05) is 6.26 Å². The molecule has 0 bridgehead atoms. The summed E-state index contributed by atoms with van der Waals surface area (Å²) in [7, 11) is 0. The highest BCUT2D eigenvalue weighted by Gasteiger charge is 2.31. The van der Waals surface area contributed by atoms with E-state index in [2.05, 4.69) is 9.72 Å². The summed E-state index contributed by atoms with van der Waals surface area (Å²) in [5.74, 6) is -0.305. The summed E-state index contributed by atoms with van der Waals surface area (Å²) < 4.78 is 44.8. The molecule has 1 aromatic carbocycles. The van der Waals surface area contributed by atoms with Crippen molar-refractivity contribution in [2.24, 2.45) is 0 Å². The number of hydrogen-bond acceptors (Lipinski definition) is 4. The van der Waals surface area contributed by atoms with Gasteiger partial charge in [-0.1, -0.05) is 11.8 Å². The molecule has 0 atom stereocenters. The SMILES string of the molecule is CSc1nc2cc(OC(F)(F)F)ccc2o1. The van der Waals surface area contributed by atoms with Crippen LogP contribution < -0.4 is 4.74 Å². The van der Waals surface area contributed by atoms with Crippen LogP contribution in [0.15, 0.2) is 27.8 Å². The Morgan fingerprint density at radius 2 is 2.12 bits per heavy atom. The van der Waals surface area contributed by atoms with Crippen LogP contribution in [0.2, 0.25) is 0 Å². The zero-order valence-electron chi connectivity index (χ0n) is 8.04. The average Bonchev–Trinajstić information content (AvgIpc) is 2.57. The Balaban J connectivity index is 2.36. The van der Waals surface area contributed by atoms with Crippen LogP contribution in [0.25, 0.3) is 11.1 Å². The second-order valence-corrected chi connectivity index (χ2v) is 3.62. The Morgan fingerprint density at radius 3 is 2.75 bits per heavy atom. The van der Waals surface area contributed by atoms with E-state index in [1.807, 2.05) is 0 Å². The lowest BCUT2D eigenvalue weighted by atomic mass is 10.3. The van der Waals surface area contributed by atoms with Gasteiger partial charge in [-0.2, -0.15) is 0 Å². The van der Waals surface area contributed by atoms with Gasteiger partial charge in [0, 0.05) is 6.07 Å². The van der Waals surface area contributed by atoms with Gasteiger partial charge in [0.05, 0.1) is 0 Å². The van der Waals surface area contributed by atoms with E-state index in [0.29, 0.717) is 16.3 Å². The van der Waals surface area contributed by atoms with Gasteiger partial charge >= 0.3 is 6.36 Å². The Hall–Kier alpha value is -1.37. The molecule has 0 unspecified atom stereocenters. The number of fused-ring (bicyclic) bond motifs is 1. The van der Waals surface area contributed by atoms with E-state index in [1.165, 1.54) is 30.0 Å². The summed E-state index contributed by atoms with van der Waals surface area (Å²) in [6.07, 6.45) is -2.93. The molecule has 0 saturated heterocycles. The lowest BCUT2D eigenvalue weighted by molar-refractivity contribution is -0.274. The third kappa shape index (κ3) is 2.41. The highest BCUT2D eigenvalue weighted by Crippen LogP contribution is 2.28. The van der Waals surface area contributed by atoms with Crippen LogP contribution in [0.3, 0.4) is 0 Å². The maximum atomic E-state index is 11.9. The van der Waals surface area contributed by atoms with Crippen molar-refractivity contribution in [2.45, 2.75) is 11.6 Å². The third-order valence-corrected chi connectivity index (χ3v) is 2.27. The van der Waals surface area contributed by atoms with Gasteiger partial charge in [-0.05, 0) is 18.4 Å². The van der Waals surface area contributed by atoms with Gasteiger partial charge in [0.2, 0.25) is 0 Å². The molecule has 86 valence electrons. The highest BCUT2D eigenvalue weighted by atomic mass is 32.2. The molecule has 0 spiro atoms. The summed E-state index contributed by atoms with van der Waals surface area (Å²) >= 11 is 1.27. The predicted octanol–water partition coefficient (Wildman–Crippen LogP) is 3.45. The van der Waals surface area contributed by atoms with Gasteiger partial charge in [0.1, 0.15) is 11.3 Å². The number of aromatic nitrogens is 1. The topological polar surface area (TPSA) is 35.3 Å². The maximum Gasteiger partial charge on any atom is 0.573 e. The number of benzene rings is 1. The molecule has 1 aromatic heterocycles. The number of halogens is 3. The van der Waals surface area contributed by atoms with E-state index in [1.54, 1.807) is 6.26 Å². The second kappa shape index (κ2) is 3.89. The largest absolute Gasteiger partial charge is 0.573 e. The van der Waals surface area contributed by atoms with Gasteiger partial charge in [-0.15, -0.1) is 13.2 Å². The van der Waals surface area contributed by atoms with Crippen molar-refractivity contribution in [3.63, 3.8) is 0 Å². The molecule has 2 rings (SSSR count). The third-order valence-electron chi connectivity index (χ3n) is 1.75. The summed E-state index contributed by atoms with van der Waals surface area (Å²) in [5, 5.41) is 0.402. The minimum Gasteiger partial charge on any atom is -0.431 e. The molecule has 3 nitrogen and oxygen atoms in total. The number of oxazole rings is 1. The van der Waals surface area contributed by atoms with Crippen molar-refractivity contribution < 1.29 is 22.3 Å². The van der Waals surface area contributed by atoms with Crippen LogP contribution in [0.1, 0.15) is 0 Å². The molecular weight excluding hydrogens is 243 g/mol. The molecule has 0 amide bonds. The standard InChI is InChI=1S/C9H6F3NO2S/c1-16-8-13-6-4-5(15-9(10,11)12)2-3-7(6)14-8/h2-4H,1H3. The predicted molar refractivity (Wildman–Crippen MR) is 52.5 cm³/mol. The average molecular weight is 249 g/mol. The number of hydrogen-bond donors (Lipinski definition) is 0. The normalized spacial score (nSPS) is 12.0. The molecule has 0 saturated carbocycles. The number of ether oxygens (including phenoxy) is 1. The fraction of sp³-hybridized carbons (Fsp3) is 0.222. The molecule has 0 radical (unpaired) electrons. The maximum absolute atomic E-state index is 11.9. The van der Waals surface area contributed by atoms with E-state index in [-0.39, 0.29) is 5.75 Å². The first-order valence-corrected chi connectivity index (χ1v) is 5.41. The fourth-order valence-electron chi connectivity index (χ4n) is 1.17. The van der Waals surface area contributed by atoms with Gasteiger partial charge in [-0.25, -0.2) is 4.98 Å². The van der Waals surface area contributed by atoms with Crippen LogP contribution >= 0.6 is 11.8 Å². The van der Waals surface area contributed by atoms with Crippen molar-refractivity contribution in [3.05, 3.63) is 18.2 Å². The number of alkyl halides is 3. The summed E-state index contributed by atoms with van der Waals surface area (Å²) in [4.78, 5) is 3.97. The lowest BCUT2D eigenvalue weighted by Crippen LogP contribution is -2.16. The summed E-state index contributed by atoms with van der Waals surface area (Å²) in [6.45, 7) is 0. The zero-order chi connectivity index (χ0) is 11.8. The van der Waals surface area contributed by atoms with Crippen LogP contribution in [0, 0.1) is 0 Å². The van der Waals surface area contributed by atoms with E-state index in [4.69, 9.17) is 4.42 Å². The van der Waals surface area contributed by atoms with Crippen molar-refractivity contribution in [3.8, 4) is 5.75 Å². The van der Waals surface area contributed by atoms with Gasteiger partial charge in [-0.3, -0.25) is 0 Å². The van der Waals surface area contributed by atoms with Gasteiger partial charge in [0.25, 0.3) is 5.22 Å². The fourth-order valence-corrected chi connectivity index (χ4v) is 1.53. The first kappa shape index (κ1) is 11.1.